The summed E-state index contributed by atoms with van der Waals surface area (Å²) in [4.78, 5) is 42.5. The van der Waals surface area contributed by atoms with Crippen LogP contribution in [0.1, 0.15) is 77.8 Å². The van der Waals surface area contributed by atoms with E-state index in [0.29, 0.717) is 31.5 Å². The fourth-order valence-corrected chi connectivity index (χ4v) is 4.80. The summed E-state index contributed by atoms with van der Waals surface area (Å²) in [6.45, 7) is 7.94. The van der Waals surface area contributed by atoms with E-state index in [1.165, 1.54) is 6.07 Å². The van der Waals surface area contributed by atoms with Gasteiger partial charge in [0, 0.05) is 43.2 Å². The highest BCUT2D eigenvalue weighted by molar-refractivity contribution is 6.00. The molecule has 0 fully saturated rings. The van der Waals surface area contributed by atoms with E-state index in [4.69, 9.17) is 0 Å². The highest BCUT2D eigenvalue weighted by atomic mass is 19.1. The molecule has 0 aliphatic heterocycles. The standard InChI is InChI=1S/C32H46F2N4O4/c1-6-12-38(13-7-2)32(42)25-16-22(3)15-24(20-25)31(41)36-28(19-23-17-26(33)21-27(34)18-23)29(39)10-11-35-30(40)9-8-14-37(4)5/h15-18,20-21,28-29,39H,6-14,19H2,1-5H3,(H,35,40)(H,36,41)/t28-,29-/m0/s1. The first-order chi connectivity index (χ1) is 19.9. The Morgan fingerprint density at radius 2 is 1.52 bits per heavy atom. The number of aliphatic hydroxyl groups is 1. The lowest BCUT2D eigenvalue weighted by Gasteiger charge is -2.25. The van der Waals surface area contributed by atoms with Crippen LogP contribution in [0, 0.1) is 18.6 Å². The average molecular weight is 589 g/mol. The molecule has 0 saturated carbocycles. The molecular formula is C32H46F2N4O4. The van der Waals surface area contributed by atoms with Gasteiger partial charge in [0.2, 0.25) is 5.91 Å². The Hall–Kier alpha value is -3.37. The fraction of sp³-hybridized carbons (Fsp3) is 0.531. The number of nitrogens with one attached hydrogen (secondary N) is 2. The summed E-state index contributed by atoms with van der Waals surface area (Å²) in [7, 11) is 3.85. The maximum atomic E-state index is 13.9. The summed E-state index contributed by atoms with van der Waals surface area (Å²) in [6, 6.07) is 7.06. The van der Waals surface area contributed by atoms with Crippen LogP contribution in [0.4, 0.5) is 8.78 Å². The number of nitrogens with zero attached hydrogens (tertiary/aromatic N) is 2. The van der Waals surface area contributed by atoms with Gasteiger partial charge in [-0.1, -0.05) is 13.8 Å². The summed E-state index contributed by atoms with van der Waals surface area (Å²) in [5, 5.41) is 16.6. The quantitative estimate of drug-likeness (QED) is 0.259. The molecule has 0 aliphatic rings. The van der Waals surface area contributed by atoms with Gasteiger partial charge in [-0.3, -0.25) is 14.4 Å². The molecule has 0 aliphatic carbocycles. The Morgan fingerprint density at radius 3 is 2.12 bits per heavy atom. The zero-order chi connectivity index (χ0) is 31.2. The molecule has 0 aromatic heterocycles. The average Bonchev–Trinajstić information content (AvgIpc) is 2.91. The van der Waals surface area contributed by atoms with Crippen molar-refractivity contribution < 1.29 is 28.3 Å². The van der Waals surface area contributed by atoms with Crippen LogP contribution in [0.2, 0.25) is 0 Å². The first kappa shape index (κ1) is 34.8. The zero-order valence-corrected chi connectivity index (χ0v) is 25.5. The highest BCUT2D eigenvalue weighted by Gasteiger charge is 2.24. The predicted octanol–water partition coefficient (Wildman–Crippen LogP) is 4.09. The van der Waals surface area contributed by atoms with Crippen LogP contribution in [-0.4, -0.2) is 85.0 Å². The largest absolute Gasteiger partial charge is 0.391 e. The van der Waals surface area contributed by atoms with Crippen molar-refractivity contribution in [2.75, 3.05) is 40.3 Å². The predicted molar refractivity (Wildman–Crippen MR) is 160 cm³/mol. The molecule has 42 heavy (non-hydrogen) atoms. The van der Waals surface area contributed by atoms with Crippen molar-refractivity contribution in [3.63, 3.8) is 0 Å². The van der Waals surface area contributed by atoms with Gasteiger partial charge in [0.25, 0.3) is 11.8 Å². The second-order valence-electron chi connectivity index (χ2n) is 11.1. The second-order valence-corrected chi connectivity index (χ2v) is 11.1. The van der Waals surface area contributed by atoms with Crippen molar-refractivity contribution in [3.05, 3.63) is 70.3 Å². The van der Waals surface area contributed by atoms with Crippen molar-refractivity contribution in [2.45, 2.75) is 71.4 Å². The van der Waals surface area contributed by atoms with Gasteiger partial charge >= 0.3 is 0 Å². The highest BCUT2D eigenvalue weighted by Crippen LogP contribution is 2.16. The summed E-state index contributed by atoms with van der Waals surface area (Å²) in [5.74, 6) is -2.36. The maximum Gasteiger partial charge on any atom is 0.253 e. The van der Waals surface area contributed by atoms with Crippen molar-refractivity contribution in [3.8, 4) is 0 Å². The Labute approximate surface area is 248 Å². The van der Waals surface area contributed by atoms with Gasteiger partial charge in [-0.25, -0.2) is 8.78 Å². The van der Waals surface area contributed by atoms with E-state index in [0.717, 1.165) is 43.1 Å². The minimum atomic E-state index is -1.13. The molecule has 2 atom stereocenters. The monoisotopic (exact) mass is 588 g/mol. The van der Waals surface area contributed by atoms with Crippen LogP contribution in [0.15, 0.2) is 36.4 Å². The molecule has 0 saturated heterocycles. The Balaban J connectivity index is 2.21. The molecule has 0 heterocycles. The summed E-state index contributed by atoms with van der Waals surface area (Å²) in [6.07, 6.45) is 1.60. The van der Waals surface area contributed by atoms with Crippen LogP contribution in [-0.2, 0) is 11.2 Å². The third-order valence-corrected chi connectivity index (χ3v) is 6.79. The van der Waals surface area contributed by atoms with Crippen molar-refractivity contribution in [1.29, 1.82) is 0 Å². The normalized spacial score (nSPS) is 12.6. The first-order valence-electron chi connectivity index (χ1n) is 14.7. The number of hydrogen-bond donors (Lipinski definition) is 3. The van der Waals surface area contributed by atoms with Crippen LogP contribution in [0.25, 0.3) is 0 Å². The van der Waals surface area contributed by atoms with Gasteiger partial charge in [-0.05, 0) is 101 Å². The smallest absolute Gasteiger partial charge is 0.253 e. The number of halogens is 2. The maximum absolute atomic E-state index is 13.9. The molecule has 0 spiro atoms. The van der Waals surface area contributed by atoms with Gasteiger partial charge in [-0.2, -0.15) is 0 Å². The third-order valence-electron chi connectivity index (χ3n) is 6.79. The van der Waals surface area contributed by atoms with E-state index in [9.17, 15) is 28.3 Å². The Kier molecular flexibility index (Phi) is 14.6. The third kappa shape index (κ3) is 11.9. The number of hydrogen-bond acceptors (Lipinski definition) is 5. The minimum Gasteiger partial charge on any atom is -0.391 e. The van der Waals surface area contributed by atoms with Crippen molar-refractivity contribution in [1.82, 2.24) is 20.4 Å². The Morgan fingerprint density at radius 1 is 0.905 bits per heavy atom. The Bertz CT molecular complexity index is 1160. The van der Waals surface area contributed by atoms with E-state index >= 15 is 0 Å². The van der Waals surface area contributed by atoms with Gasteiger partial charge in [0.15, 0.2) is 0 Å². The lowest BCUT2D eigenvalue weighted by Crippen LogP contribution is -2.46. The van der Waals surface area contributed by atoms with E-state index in [1.54, 1.807) is 24.0 Å². The van der Waals surface area contributed by atoms with E-state index in [1.807, 2.05) is 32.8 Å². The molecule has 2 aromatic rings. The van der Waals surface area contributed by atoms with Gasteiger partial charge in [0.05, 0.1) is 12.1 Å². The summed E-state index contributed by atoms with van der Waals surface area (Å²) < 4.78 is 27.8. The van der Waals surface area contributed by atoms with Crippen LogP contribution >= 0.6 is 0 Å². The van der Waals surface area contributed by atoms with E-state index < -0.39 is 29.7 Å². The molecule has 232 valence electrons. The second kappa shape index (κ2) is 17.6. The number of rotatable bonds is 17. The van der Waals surface area contributed by atoms with Crippen LogP contribution < -0.4 is 10.6 Å². The fourth-order valence-electron chi connectivity index (χ4n) is 4.80. The number of benzene rings is 2. The zero-order valence-electron chi connectivity index (χ0n) is 25.5. The number of carbonyl (C=O) groups excluding carboxylic acids is 3. The molecule has 2 aromatic carbocycles. The van der Waals surface area contributed by atoms with Crippen molar-refractivity contribution >= 4 is 17.7 Å². The van der Waals surface area contributed by atoms with Gasteiger partial charge in [-0.15, -0.1) is 0 Å². The van der Waals surface area contributed by atoms with Crippen molar-refractivity contribution in [2.24, 2.45) is 0 Å². The first-order valence-corrected chi connectivity index (χ1v) is 14.7. The van der Waals surface area contributed by atoms with Gasteiger partial charge < -0.3 is 25.5 Å². The minimum absolute atomic E-state index is 0.0449. The lowest BCUT2D eigenvalue weighted by atomic mass is 9.97. The molecule has 3 amide bonds. The summed E-state index contributed by atoms with van der Waals surface area (Å²) in [5.41, 5.74) is 1.62. The molecule has 0 bridgehead atoms. The van der Waals surface area contributed by atoms with Crippen LogP contribution in [0.3, 0.4) is 0 Å². The molecule has 0 radical (unpaired) electrons. The van der Waals surface area contributed by atoms with Crippen LogP contribution in [0.5, 0.6) is 0 Å². The summed E-state index contributed by atoms with van der Waals surface area (Å²) >= 11 is 0. The molecule has 2 rings (SSSR count). The van der Waals surface area contributed by atoms with E-state index in [2.05, 4.69) is 10.6 Å². The molecular weight excluding hydrogens is 542 g/mol. The number of carbonyl (C=O) groups is 3. The number of aryl methyl sites for hydroxylation is 1. The molecule has 8 nitrogen and oxygen atoms in total. The SMILES string of the molecule is CCCN(CCC)C(=O)c1cc(C)cc(C(=O)N[C@@H](Cc2cc(F)cc(F)c2)[C@@H](O)CCNC(=O)CCCN(C)C)c1. The lowest BCUT2D eigenvalue weighted by molar-refractivity contribution is -0.121. The molecule has 3 N–H and O–H groups in total. The molecule has 10 heteroatoms. The number of aliphatic hydroxyl groups excluding tert-OH is 1. The number of amides is 3. The topological polar surface area (TPSA) is 102 Å². The van der Waals surface area contributed by atoms with E-state index in [-0.39, 0.29) is 42.3 Å². The van der Waals surface area contributed by atoms with Gasteiger partial charge in [0.1, 0.15) is 11.6 Å². The molecule has 0 unspecified atom stereocenters.